The van der Waals surface area contributed by atoms with Crippen LogP contribution in [0.25, 0.3) is 22.6 Å². The largest absolute Gasteiger partial charge is 0.465 e. The number of esters is 1. The van der Waals surface area contributed by atoms with Crippen molar-refractivity contribution in [1.82, 2.24) is 14.5 Å². The molecule has 3 aromatic rings. The van der Waals surface area contributed by atoms with Gasteiger partial charge in [0.2, 0.25) is 0 Å². The fourth-order valence-corrected chi connectivity index (χ4v) is 2.78. The number of rotatable bonds is 3. The number of hydrogen-bond acceptors (Lipinski definition) is 4. The zero-order valence-electron chi connectivity index (χ0n) is 12.5. The molecular formula is C17H14FN3O2. The SMILES string of the molecule is COC(=O)c1cc(F)c2c(c1)nc(-c1ccccn1)n2C1CC1. The van der Waals surface area contributed by atoms with E-state index < -0.39 is 11.8 Å². The second kappa shape index (κ2) is 5.15. The molecule has 2 aromatic heterocycles. The fourth-order valence-electron chi connectivity index (χ4n) is 2.78. The molecule has 1 aromatic carbocycles. The smallest absolute Gasteiger partial charge is 0.338 e. The molecule has 1 aliphatic carbocycles. The van der Waals surface area contributed by atoms with Gasteiger partial charge in [0.15, 0.2) is 5.82 Å². The quantitative estimate of drug-likeness (QED) is 0.696. The zero-order chi connectivity index (χ0) is 16.0. The summed E-state index contributed by atoms with van der Waals surface area (Å²) in [5.41, 5.74) is 1.71. The van der Waals surface area contributed by atoms with E-state index >= 15 is 0 Å². The lowest BCUT2D eigenvalue weighted by Crippen LogP contribution is -2.03. The number of aromatic nitrogens is 3. The van der Waals surface area contributed by atoms with Gasteiger partial charge in [-0.1, -0.05) is 6.07 Å². The summed E-state index contributed by atoms with van der Waals surface area (Å²) in [6, 6.07) is 8.54. The van der Waals surface area contributed by atoms with Crippen LogP contribution in [0.4, 0.5) is 4.39 Å². The molecule has 0 aliphatic heterocycles. The van der Waals surface area contributed by atoms with Crippen molar-refractivity contribution in [3.8, 4) is 11.5 Å². The Morgan fingerprint density at radius 3 is 2.83 bits per heavy atom. The highest BCUT2D eigenvalue weighted by Crippen LogP contribution is 2.41. The van der Waals surface area contributed by atoms with Crippen molar-refractivity contribution in [1.29, 1.82) is 0 Å². The summed E-state index contributed by atoms with van der Waals surface area (Å²) in [5.74, 6) is -0.417. The molecule has 1 fully saturated rings. The van der Waals surface area contributed by atoms with E-state index in [1.807, 2.05) is 22.8 Å². The molecule has 1 aliphatic rings. The highest BCUT2D eigenvalue weighted by molar-refractivity contribution is 5.94. The lowest BCUT2D eigenvalue weighted by molar-refractivity contribution is 0.0600. The topological polar surface area (TPSA) is 57.0 Å². The number of imidazole rings is 1. The number of carbonyl (C=O) groups is 1. The first-order valence-corrected chi connectivity index (χ1v) is 7.40. The highest BCUT2D eigenvalue weighted by Gasteiger charge is 2.31. The maximum Gasteiger partial charge on any atom is 0.338 e. The molecule has 4 rings (SSSR count). The van der Waals surface area contributed by atoms with Gasteiger partial charge in [-0.25, -0.2) is 14.2 Å². The van der Waals surface area contributed by atoms with Crippen molar-refractivity contribution in [2.45, 2.75) is 18.9 Å². The molecule has 0 unspecified atom stereocenters. The van der Waals surface area contributed by atoms with Crippen LogP contribution in [-0.2, 0) is 4.74 Å². The third-order valence-corrected chi connectivity index (χ3v) is 3.97. The van der Waals surface area contributed by atoms with Gasteiger partial charge in [0.1, 0.15) is 17.0 Å². The molecule has 0 bridgehead atoms. The number of methoxy groups -OCH3 is 1. The molecule has 0 amide bonds. The van der Waals surface area contributed by atoms with Gasteiger partial charge < -0.3 is 9.30 Å². The number of fused-ring (bicyclic) bond motifs is 1. The van der Waals surface area contributed by atoms with E-state index in [1.165, 1.54) is 13.2 Å². The Kier molecular flexibility index (Phi) is 3.11. The van der Waals surface area contributed by atoms with E-state index in [9.17, 15) is 9.18 Å². The average molecular weight is 311 g/mol. The highest BCUT2D eigenvalue weighted by atomic mass is 19.1. The molecule has 2 heterocycles. The van der Waals surface area contributed by atoms with E-state index in [1.54, 1.807) is 12.3 Å². The van der Waals surface area contributed by atoms with E-state index in [0.717, 1.165) is 12.8 Å². The van der Waals surface area contributed by atoms with Gasteiger partial charge in [0, 0.05) is 12.2 Å². The van der Waals surface area contributed by atoms with Crippen LogP contribution in [0.3, 0.4) is 0 Å². The van der Waals surface area contributed by atoms with E-state index in [2.05, 4.69) is 14.7 Å². The normalized spacial score (nSPS) is 14.2. The van der Waals surface area contributed by atoms with Crippen LogP contribution in [0.1, 0.15) is 29.2 Å². The number of hydrogen-bond donors (Lipinski definition) is 0. The number of benzene rings is 1. The van der Waals surface area contributed by atoms with Gasteiger partial charge in [-0.2, -0.15) is 0 Å². The van der Waals surface area contributed by atoms with Crippen molar-refractivity contribution in [2.75, 3.05) is 7.11 Å². The summed E-state index contributed by atoms with van der Waals surface area (Å²) in [7, 11) is 1.27. The minimum Gasteiger partial charge on any atom is -0.465 e. The molecule has 116 valence electrons. The Labute approximate surface area is 131 Å². The Hall–Kier alpha value is -2.76. The van der Waals surface area contributed by atoms with E-state index in [0.29, 0.717) is 22.6 Å². The molecule has 0 atom stereocenters. The summed E-state index contributed by atoms with van der Waals surface area (Å²) in [5, 5.41) is 0. The van der Waals surface area contributed by atoms with Gasteiger partial charge in [0.05, 0.1) is 18.2 Å². The third-order valence-electron chi connectivity index (χ3n) is 3.97. The van der Waals surface area contributed by atoms with Crippen LogP contribution < -0.4 is 0 Å². The standard InChI is InChI=1S/C17H14FN3O2/c1-23-17(22)10-8-12(18)15-14(9-10)20-16(21(15)11-5-6-11)13-4-2-3-7-19-13/h2-4,7-9,11H,5-6H2,1H3. The van der Waals surface area contributed by atoms with Crippen LogP contribution in [0.15, 0.2) is 36.5 Å². The molecule has 6 heteroatoms. The van der Waals surface area contributed by atoms with Crippen molar-refractivity contribution in [3.05, 3.63) is 47.9 Å². The molecule has 1 saturated carbocycles. The minimum atomic E-state index is -0.578. The van der Waals surface area contributed by atoms with Crippen LogP contribution in [0.5, 0.6) is 0 Å². The molecule has 23 heavy (non-hydrogen) atoms. The summed E-state index contributed by atoms with van der Waals surface area (Å²) < 4.78 is 21.2. The molecule has 0 spiro atoms. The van der Waals surface area contributed by atoms with Gasteiger partial charge in [-0.3, -0.25) is 4.98 Å². The first kappa shape index (κ1) is 13.9. The van der Waals surface area contributed by atoms with Crippen LogP contribution in [0.2, 0.25) is 0 Å². The third kappa shape index (κ3) is 2.27. The van der Waals surface area contributed by atoms with Gasteiger partial charge in [0.25, 0.3) is 0 Å². The lowest BCUT2D eigenvalue weighted by Gasteiger charge is -2.08. The summed E-state index contributed by atoms with van der Waals surface area (Å²) >= 11 is 0. The first-order valence-electron chi connectivity index (χ1n) is 7.40. The van der Waals surface area contributed by atoms with E-state index in [4.69, 9.17) is 0 Å². The van der Waals surface area contributed by atoms with Crippen molar-refractivity contribution in [2.24, 2.45) is 0 Å². The summed E-state index contributed by atoms with van der Waals surface area (Å²) in [6.45, 7) is 0. The fraction of sp³-hybridized carbons (Fsp3) is 0.235. The average Bonchev–Trinajstić information content (AvgIpc) is 3.34. The van der Waals surface area contributed by atoms with Crippen molar-refractivity contribution < 1.29 is 13.9 Å². The Balaban J connectivity index is 1.99. The predicted octanol–water partition coefficient (Wildman–Crippen LogP) is 3.36. The molecular weight excluding hydrogens is 297 g/mol. The monoisotopic (exact) mass is 311 g/mol. The number of halogens is 1. The van der Waals surface area contributed by atoms with Gasteiger partial charge in [-0.15, -0.1) is 0 Å². The number of ether oxygens (including phenoxy) is 1. The molecule has 0 radical (unpaired) electrons. The van der Waals surface area contributed by atoms with Crippen LogP contribution >= 0.6 is 0 Å². The number of nitrogens with zero attached hydrogens (tertiary/aromatic N) is 3. The Morgan fingerprint density at radius 2 is 2.17 bits per heavy atom. The molecule has 0 saturated heterocycles. The van der Waals surface area contributed by atoms with Crippen LogP contribution in [0, 0.1) is 5.82 Å². The summed E-state index contributed by atoms with van der Waals surface area (Å²) in [4.78, 5) is 20.5. The Bertz CT molecular complexity index is 901. The maximum atomic E-state index is 14.6. The van der Waals surface area contributed by atoms with Crippen molar-refractivity contribution >= 4 is 17.0 Å². The number of pyridine rings is 1. The van der Waals surface area contributed by atoms with Gasteiger partial charge >= 0.3 is 5.97 Å². The second-order valence-corrected chi connectivity index (χ2v) is 5.57. The Morgan fingerprint density at radius 1 is 1.35 bits per heavy atom. The summed E-state index contributed by atoms with van der Waals surface area (Å²) in [6.07, 6.45) is 3.66. The first-order chi connectivity index (χ1) is 11.2. The van der Waals surface area contributed by atoms with Crippen molar-refractivity contribution in [3.63, 3.8) is 0 Å². The van der Waals surface area contributed by atoms with E-state index in [-0.39, 0.29) is 11.6 Å². The minimum absolute atomic E-state index is 0.158. The number of carbonyl (C=O) groups excluding carboxylic acids is 1. The lowest BCUT2D eigenvalue weighted by atomic mass is 10.2. The van der Waals surface area contributed by atoms with Gasteiger partial charge in [-0.05, 0) is 37.1 Å². The molecule has 5 nitrogen and oxygen atoms in total. The zero-order valence-corrected chi connectivity index (χ0v) is 12.5. The predicted molar refractivity (Wildman–Crippen MR) is 82.5 cm³/mol. The maximum absolute atomic E-state index is 14.6. The molecule has 0 N–H and O–H groups in total. The van der Waals surface area contributed by atoms with Crippen LogP contribution in [-0.4, -0.2) is 27.6 Å². The second-order valence-electron chi connectivity index (χ2n) is 5.57.